The van der Waals surface area contributed by atoms with Crippen LogP contribution in [0.2, 0.25) is 0 Å². The highest BCUT2D eigenvalue weighted by Crippen LogP contribution is 2.24. The molecule has 18 heavy (non-hydrogen) atoms. The molecule has 5 heteroatoms. The molecule has 2 rings (SSSR count). The summed E-state index contributed by atoms with van der Waals surface area (Å²) in [5, 5.41) is 4.10. The van der Waals surface area contributed by atoms with E-state index in [-0.39, 0.29) is 0 Å². The fraction of sp³-hybridized carbons (Fsp3) is 0.385. The summed E-state index contributed by atoms with van der Waals surface area (Å²) in [6, 6.07) is 8.21. The molecule has 0 saturated heterocycles. The standard InChI is InChI=1S/C13H17N3OS/c1-4-17-11-7-5-6-10(8-11)12-15-13(18-16-12)14-9(2)3/h5-9H,4H2,1-3H3,(H,14,15,16). The molecule has 0 unspecified atom stereocenters. The van der Waals surface area contributed by atoms with E-state index in [4.69, 9.17) is 4.74 Å². The number of aromatic nitrogens is 2. The van der Waals surface area contributed by atoms with Gasteiger partial charge in [-0.15, -0.1) is 0 Å². The molecular weight excluding hydrogens is 246 g/mol. The summed E-state index contributed by atoms with van der Waals surface area (Å²) in [6.45, 7) is 6.79. The highest BCUT2D eigenvalue weighted by molar-refractivity contribution is 7.09. The molecule has 1 heterocycles. The summed E-state index contributed by atoms with van der Waals surface area (Å²) in [5.41, 5.74) is 0.981. The van der Waals surface area contributed by atoms with Gasteiger partial charge in [0, 0.05) is 23.1 Å². The first-order valence-electron chi connectivity index (χ1n) is 6.02. The van der Waals surface area contributed by atoms with Crippen molar-refractivity contribution in [1.29, 1.82) is 0 Å². The van der Waals surface area contributed by atoms with E-state index >= 15 is 0 Å². The van der Waals surface area contributed by atoms with Crippen molar-refractivity contribution < 1.29 is 4.74 Å². The third-order valence-corrected chi connectivity index (χ3v) is 2.89. The Kier molecular flexibility index (Phi) is 4.15. The van der Waals surface area contributed by atoms with Gasteiger partial charge in [0.1, 0.15) is 5.75 Å². The van der Waals surface area contributed by atoms with Crippen molar-refractivity contribution in [3.05, 3.63) is 24.3 Å². The van der Waals surface area contributed by atoms with Crippen LogP contribution in [-0.4, -0.2) is 22.0 Å². The summed E-state index contributed by atoms with van der Waals surface area (Å²) in [4.78, 5) is 4.46. The molecular formula is C13H17N3OS. The zero-order chi connectivity index (χ0) is 13.0. The Morgan fingerprint density at radius 2 is 2.22 bits per heavy atom. The zero-order valence-electron chi connectivity index (χ0n) is 10.8. The van der Waals surface area contributed by atoms with Crippen molar-refractivity contribution in [1.82, 2.24) is 9.36 Å². The number of nitrogens with zero attached hydrogens (tertiary/aromatic N) is 2. The molecule has 1 N–H and O–H groups in total. The van der Waals surface area contributed by atoms with Crippen LogP contribution in [0.4, 0.5) is 5.13 Å². The van der Waals surface area contributed by atoms with Crippen molar-refractivity contribution in [3.63, 3.8) is 0 Å². The van der Waals surface area contributed by atoms with Gasteiger partial charge in [0.25, 0.3) is 0 Å². The second-order valence-electron chi connectivity index (χ2n) is 4.18. The molecule has 96 valence electrons. The van der Waals surface area contributed by atoms with E-state index in [0.717, 1.165) is 22.3 Å². The van der Waals surface area contributed by atoms with Crippen LogP contribution in [-0.2, 0) is 0 Å². The fourth-order valence-corrected chi connectivity index (χ4v) is 2.27. The normalized spacial score (nSPS) is 10.7. The number of anilines is 1. The van der Waals surface area contributed by atoms with Gasteiger partial charge in [-0.05, 0) is 32.9 Å². The second kappa shape index (κ2) is 5.82. The maximum Gasteiger partial charge on any atom is 0.203 e. The lowest BCUT2D eigenvalue weighted by Crippen LogP contribution is -2.08. The monoisotopic (exact) mass is 263 g/mol. The molecule has 0 bridgehead atoms. The summed E-state index contributed by atoms with van der Waals surface area (Å²) in [7, 11) is 0. The van der Waals surface area contributed by atoms with Gasteiger partial charge in [-0.2, -0.15) is 9.36 Å². The number of hydrogen-bond acceptors (Lipinski definition) is 5. The van der Waals surface area contributed by atoms with Crippen molar-refractivity contribution in [2.75, 3.05) is 11.9 Å². The maximum atomic E-state index is 5.47. The molecule has 1 aromatic carbocycles. The largest absolute Gasteiger partial charge is 0.494 e. The molecule has 0 aliphatic heterocycles. The van der Waals surface area contributed by atoms with Crippen molar-refractivity contribution in [2.24, 2.45) is 0 Å². The Hall–Kier alpha value is -1.62. The molecule has 0 atom stereocenters. The molecule has 0 spiro atoms. The predicted octanol–water partition coefficient (Wildman–Crippen LogP) is 3.42. The number of nitrogens with one attached hydrogen (secondary N) is 1. The van der Waals surface area contributed by atoms with Crippen LogP contribution in [0.15, 0.2) is 24.3 Å². The molecule has 0 fully saturated rings. The van der Waals surface area contributed by atoms with Crippen molar-refractivity contribution in [3.8, 4) is 17.1 Å². The third kappa shape index (κ3) is 3.20. The Morgan fingerprint density at radius 1 is 1.39 bits per heavy atom. The minimum absolute atomic E-state index is 0.362. The SMILES string of the molecule is CCOc1cccc(-c2nsc(NC(C)C)n2)c1. The topological polar surface area (TPSA) is 47.0 Å². The van der Waals surface area contributed by atoms with E-state index in [9.17, 15) is 0 Å². The Bertz CT molecular complexity index is 510. The van der Waals surface area contributed by atoms with Gasteiger partial charge < -0.3 is 10.1 Å². The zero-order valence-corrected chi connectivity index (χ0v) is 11.6. The van der Waals surface area contributed by atoms with Gasteiger partial charge in [0.05, 0.1) is 6.61 Å². The molecule has 0 saturated carbocycles. The van der Waals surface area contributed by atoms with Crippen LogP contribution in [0.25, 0.3) is 11.4 Å². The van der Waals surface area contributed by atoms with Gasteiger partial charge >= 0.3 is 0 Å². The number of ether oxygens (including phenoxy) is 1. The highest BCUT2D eigenvalue weighted by Gasteiger charge is 2.08. The van der Waals surface area contributed by atoms with Gasteiger partial charge in [0.15, 0.2) is 5.82 Å². The molecule has 1 aromatic heterocycles. The maximum absolute atomic E-state index is 5.47. The lowest BCUT2D eigenvalue weighted by atomic mass is 10.2. The van der Waals surface area contributed by atoms with E-state index in [1.54, 1.807) is 0 Å². The number of rotatable bonds is 5. The van der Waals surface area contributed by atoms with Crippen molar-refractivity contribution >= 4 is 16.7 Å². The van der Waals surface area contributed by atoms with Crippen LogP contribution in [0.1, 0.15) is 20.8 Å². The minimum atomic E-state index is 0.362. The Labute approximate surface area is 111 Å². The van der Waals surface area contributed by atoms with Crippen LogP contribution in [0, 0.1) is 0 Å². The Morgan fingerprint density at radius 3 is 2.94 bits per heavy atom. The van der Waals surface area contributed by atoms with Gasteiger partial charge in [0.2, 0.25) is 5.13 Å². The smallest absolute Gasteiger partial charge is 0.203 e. The Balaban J connectivity index is 2.20. The lowest BCUT2D eigenvalue weighted by molar-refractivity contribution is 0.340. The quantitative estimate of drug-likeness (QED) is 0.898. The van der Waals surface area contributed by atoms with Crippen LogP contribution >= 0.6 is 11.5 Å². The summed E-state index contributed by atoms with van der Waals surface area (Å²) in [5.74, 6) is 1.59. The van der Waals surface area contributed by atoms with E-state index in [2.05, 4.69) is 28.5 Å². The molecule has 2 aromatic rings. The van der Waals surface area contributed by atoms with Crippen molar-refractivity contribution in [2.45, 2.75) is 26.8 Å². The van der Waals surface area contributed by atoms with Gasteiger partial charge in [-0.25, -0.2) is 0 Å². The van der Waals surface area contributed by atoms with Crippen LogP contribution in [0.5, 0.6) is 5.75 Å². The molecule has 0 aliphatic carbocycles. The predicted molar refractivity (Wildman–Crippen MR) is 75.3 cm³/mol. The minimum Gasteiger partial charge on any atom is -0.494 e. The fourth-order valence-electron chi connectivity index (χ4n) is 1.54. The highest BCUT2D eigenvalue weighted by atomic mass is 32.1. The second-order valence-corrected chi connectivity index (χ2v) is 4.93. The van der Waals surface area contributed by atoms with Crippen LogP contribution in [0.3, 0.4) is 0 Å². The number of benzene rings is 1. The first kappa shape index (κ1) is 12.8. The lowest BCUT2D eigenvalue weighted by Gasteiger charge is -2.04. The molecule has 0 amide bonds. The van der Waals surface area contributed by atoms with E-state index in [1.807, 2.05) is 31.2 Å². The van der Waals surface area contributed by atoms with E-state index < -0.39 is 0 Å². The summed E-state index contributed by atoms with van der Waals surface area (Å²) < 4.78 is 9.82. The molecule has 0 aliphatic rings. The number of hydrogen-bond donors (Lipinski definition) is 1. The average molecular weight is 263 g/mol. The van der Waals surface area contributed by atoms with E-state index in [1.165, 1.54) is 11.5 Å². The summed E-state index contributed by atoms with van der Waals surface area (Å²) >= 11 is 1.38. The van der Waals surface area contributed by atoms with E-state index in [0.29, 0.717) is 12.6 Å². The molecule has 0 radical (unpaired) electrons. The summed E-state index contributed by atoms with van der Waals surface area (Å²) in [6.07, 6.45) is 0. The first-order chi connectivity index (χ1) is 8.69. The van der Waals surface area contributed by atoms with Crippen LogP contribution < -0.4 is 10.1 Å². The molecule has 4 nitrogen and oxygen atoms in total. The van der Waals surface area contributed by atoms with Gasteiger partial charge in [-0.3, -0.25) is 0 Å². The third-order valence-electron chi connectivity index (χ3n) is 2.24. The van der Waals surface area contributed by atoms with Gasteiger partial charge in [-0.1, -0.05) is 12.1 Å². The first-order valence-corrected chi connectivity index (χ1v) is 6.80. The average Bonchev–Trinajstić information content (AvgIpc) is 2.77.